The first-order chi connectivity index (χ1) is 14.6. The molecular weight excluding hydrogens is 449 g/mol. The van der Waals surface area contributed by atoms with Crippen LogP contribution in [0.4, 0.5) is 0 Å². The summed E-state index contributed by atoms with van der Waals surface area (Å²) in [6, 6.07) is 17.4. The number of hydrogen-bond donors (Lipinski definition) is 0. The minimum Gasteiger partial charge on any atom is -0.455 e. The lowest BCUT2D eigenvalue weighted by Crippen LogP contribution is -1.66. The van der Waals surface area contributed by atoms with Crippen molar-refractivity contribution in [2.24, 2.45) is 0 Å². The highest BCUT2D eigenvalue weighted by atomic mass is 32.1. The molecule has 0 fully saturated rings. The van der Waals surface area contributed by atoms with E-state index in [0.29, 0.717) is 0 Å². The van der Waals surface area contributed by atoms with E-state index in [-0.39, 0.29) is 0 Å². The molecule has 6 heterocycles. The zero-order valence-electron chi connectivity index (χ0n) is 16.1. The Morgan fingerprint density at radius 2 is 1.00 bits per heavy atom. The smallest absolute Gasteiger partial charge is 0.146 e. The van der Waals surface area contributed by atoms with Crippen molar-refractivity contribution in [2.45, 2.75) is 13.8 Å². The third kappa shape index (κ3) is 2.45. The van der Waals surface area contributed by atoms with Crippen molar-refractivity contribution in [1.82, 2.24) is 0 Å². The van der Waals surface area contributed by atoms with E-state index in [1.807, 2.05) is 51.4 Å². The molecule has 0 spiro atoms. The Labute approximate surface area is 187 Å². The van der Waals surface area contributed by atoms with Gasteiger partial charge < -0.3 is 8.83 Å². The number of thiophene rings is 4. The summed E-state index contributed by atoms with van der Waals surface area (Å²) in [6.45, 7) is 4.30. The van der Waals surface area contributed by atoms with Gasteiger partial charge in [-0.2, -0.15) is 0 Å². The summed E-state index contributed by atoms with van der Waals surface area (Å²) in [7, 11) is 0. The van der Waals surface area contributed by atoms with Crippen LogP contribution >= 0.6 is 45.3 Å². The third-order valence-electron chi connectivity index (χ3n) is 5.37. The van der Waals surface area contributed by atoms with E-state index in [2.05, 4.69) is 56.3 Å². The highest BCUT2D eigenvalue weighted by molar-refractivity contribution is 7.27. The predicted molar refractivity (Wildman–Crippen MR) is 133 cm³/mol. The molecule has 0 unspecified atom stereocenters. The lowest BCUT2D eigenvalue weighted by Gasteiger charge is -1.93. The second kappa shape index (κ2) is 6.08. The van der Waals surface area contributed by atoms with Crippen LogP contribution in [0, 0.1) is 13.8 Å². The van der Waals surface area contributed by atoms with Gasteiger partial charge in [0.05, 0.1) is 9.40 Å². The van der Waals surface area contributed by atoms with E-state index in [0.717, 1.165) is 22.3 Å². The summed E-state index contributed by atoms with van der Waals surface area (Å²) >= 11 is 7.28. The molecule has 6 aromatic heterocycles. The fourth-order valence-corrected chi connectivity index (χ4v) is 8.08. The molecule has 0 aliphatic heterocycles. The van der Waals surface area contributed by atoms with Crippen LogP contribution in [0.25, 0.3) is 62.0 Å². The number of aryl methyl sites for hydroxylation is 2. The molecule has 146 valence electrons. The quantitative estimate of drug-likeness (QED) is 0.255. The number of hydrogen-bond acceptors (Lipinski definition) is 6. The largest absolute Gasteiger partial charge is 0.455 e. The molecule has 0 amide bonds. The van der Waals surface area contributed by atoms with Gasteiger partial charge in [0, 0.05) is 58.2 Å². The third-order valence-corrected chi connectivity index (χ3v) is 10.1. The van der Waals surface area contributed by atoms with E-state index in [4.69, 9.17) is 8.83 Å². The van der Waals surface area contributed by atoms with E-state index in [1.54, 1.807) is 0 Å². The first-order valence-corrected chi connectivity index (χ1v) is 12.8. The van der Waals surface area contributed by atoms with Crippen LogP contribution in [-0.2, 0) is 0 Å². The second-order valence-corrected chi connectivity index (χ2v) is 12.2. The molecule has 0 saturated carbocycles. The molecule has 0 bridgehead atoms. The number of rotatable bonds is 2. The summed E-state index contributed by atoms with van der Waals surface area (Å²) < 4.78 is 14.8. The van der Waals surface area contributed by atoms with Gasteiger partial charge in [0.2, 0.25) is 0 Å². The van der Waals surface area contributed by atoms with Gasteiger partial charge in [0.1, 0.15) is 22.3 Å². The summed E-state index contributed by atoms with van der Waals surface area (Å²) in [6.07, 6.45) is 0. The topological polar surface area (TPSA) is 26.3 Å². The van der Waals surface area contributed by atoms with E-state index in [1.165, 1.54) is 49.4 Å². The van der Waals surface area contributed by atoms with Gasteiger partial charge in [-0.3, -0.25) is 0 Å². The zero-order chi connectivity index (χ0) is 20.0. The lowest BCUT2D eigenvalue weighted by atomic mass is 10.2. The molecule has 0 aliphatic rings. The molecule has 0 atom stereocenters. The summed E-state index contributed by atoms with van der Waals surface area (Å²) in [5.74, 6) is 0. The summed E-state index contributed by atoms with van der Waals surface area (Å²) in [4.78, 5) is 7.81. The van der Waals surface area contributed by atoms with Gasteiger partial charge in [-0.25, -0.2) is 0 Å². The highest BCUT2D eigenvalue weighted by Gasteiger charge is 2.18. The normalized spacial score (nSPS) is 12.3. The molecule has 7 rings (SSSR count). The average molecular weight is 463 g/mol. The van der Waals surface area contributed by atoms with Gasteiger partial charge in [-0.15, -0.1) is 45.3 Å². The SMILES string of the molecule is Cc1ccc(-c2cc3oc4cc5oc6cc(-c7ccc(C)s7)sc6c5cc4c3s2)s1. The fraction of sp³-hybridized carbons (Fsp3) is 0.0833. The molecule has 0 saturated heterocycles. The molecule has 0 radical (unpaired) electrons. The van der Waals surface area contributed by atoms with E-state index in [9.17, 15) is 0 Å². The Hall–Kier alpha value is -2.38. The van der Waals surface area contributed by atoms with Crippen LogP contribution in [0.3, 0.4) is 0 Å². The van der Waals surface area contributed by atoms with E-state index >= 15 is 0 Å². The van der Waals surface area contributed by atoms with Crippen LogP contribution in [0.2, 0.25) is 0 Å². The maximum atomic E-state index is 6.20. The van der Waals surface area contributed by atoms with Crippen LogP contribution in [0.1, 0.15) is 9.75 Å². The number of fused-ring (bicyclic) bond motifs is 6. The average Bonchev–Trinajstić information content (AvgIpc) is 3.49. The van der Waals surface area contributed by atoms with Crippen molar-refractivity contribution in [3.63, 3.8) is 0 Å². The molecule has 0 aliphatic carbocycles. The standard InChI is InChI=1S/C24H14O2S4/c1-11-3-5-19(27-11)21-9-17-23(29-21)13-7-14-16(8-15(13)25-17)26-18-10-22(30-24(14)18)20-6-4-12(2)28-20/h3-10H,1-2H3. The number of benzene rings is 1. The summed E-state index contributed by atoms with van der Waals surface area (Å²) in [5.41, 5.74) is 3.71. The van der Waals surface area contributed by atoms with Crippen molar-refractivity contribution in [3.8, 4) is 19.5 Å². The van der Waals surface area contributed by atoms with Crippen LogP contribution in [0.5, 0.6) is 0 Å². The highest BCUT2D eigenvalue weighted by Crippen LogP contribution is 2.46. The van der Waals surface area contributed by atoms with Crippen molar-refractivity contribution >= 4 is 87.9 Å². The first kappa shape index (κ1) is 17.3. The fourth-order valence-electron chi connectivity index (χ4n) is 3.97. The predicted octanol–water partition coefficient (Wildman–Crippen LogP) is 9.68. The molecule has 1 aromatic carbocycles. The number of furan rings is 2. The lowest BCUT2D eigenvalue weighted by molar-refractivity contribution is 0.657. The maximum absolute atomic E-state index is 6.20. The van der Waals surface area contributed by atoms with Crippen LogP contribution < -0.4 is 0 Å². The molecule has 30 heavy (non-hydrogen) atoms. The first-order valence-electron chi connectivity index (χ1n) is 9.58. The van der Waals surface area contributed by atoms with Gasteiger partial charge in [-0.05, 0) is 44.2 Å². The maximum Gasteiger partial charge on any atom is 0.146 e. The Balaban J connectivity index is 1.44. The molecule has 0 N–H and O–H groups in total. The zero-order valence-corrected chi connectivity index (χ0v) is 19.3. The van der Waals surface area contributed by atoms with Crippen molar-refractivity contribution < 1.29 is 8.83 Å². The Morgan fingerprint density at radius 1 is 0.500 bits per heavy atom. The molecule has 6 heteroatoms. The monoisotopic (exact) mass is 462 g/mol. The van der Waals surface area contributed by atoms with Crippen molar-refractivity contribution in [3.05, 3.63) is 58.3 Å². The minimum absolute atomic E-state index is 0.896. The van der Waals surface area contributed by atoms with Gasteiger partial charge in [0.25, 0.3) is 0 Å². The summed E-state index contributed by atoms with van der Waals surface area (Å²) in [5, 5.41) is 2.35. The molecule has 7 aromatic rings. The van der Waals surface area contributed by atoms with Gasteiger partial charge in [0.15, 0.2) is 0 Å². The van der Waals surface area contributed by atoms with Gasteiger partial charge in [-0.1, -0.05) is 0 Å². The molecular formula is C24H14O2S4. The second-order valence-electron chi connectivity index (χ2n) is 7.48. The molecule has 2 nitrogen and oxygen atoms in total. The Bertz CT molecular complexity index is 1600. The van der Waals surface area contributed by atoms with E-state index < -0.39 is 0 Å². The van der Waals surface area contributed by atoms with Crippen molar-refractivity contribution in [2.75, 3.05) is 0 Å². The van der Waals surface area contributed by atoms with Crippen molar-refractivity contribution in [1.29, 1.82) is 0 Å². The van der Waals surface area contributed by atoms with Crippen LogP contribution in [0.15, 0.2) is 57.4 Å². The minimum atomic E-state index is 0.896. The Kier molecular flexibility index (Phi) is 3.51. The van der Waals surface area contributed by atoms with Gasteiger partial charge >= 0.3 is 0 Å². The Morgan fingerprint density at radius 3 is 1.43 bits per heavy atom. The van der Waals surface area contributed by atoms with Crippen LogP contribution in [-0.4, -0.2) is 0 Å².